The Morgan fingerprint density at radius 3 is 1.84 bits per heavy atom. The molecule has 0 bridgehead atoms. The molecule has 3 heterocycles. The number of nitrogens with zero attached hydrogens (tertiary/aromatic N) is 4. The van der Waals surface area contributed by atoms with Crippen molar-refractivity contribution in [2.75, 3.05) is 0 Å². The van der Waals surface area contributed by atoms with Crippen LogP contribution in [0.2, 0.25) is 0 Å². The summed E-state index contributed by atoms with van der Waals surface area (Å²) in [7, 11) is 0. The summed E-state index contributed by atoms with van der Waals surface area (Å²) in [5.41, 5.74) is 6.54. The van der Waals surface area contributed by atoms with Gasteiger partial charge in [0.2, 0.25) is 0 Å². The fourth-order valence-electron chi connectivity index (χ4n) is 8.51. The normalized spacial score (nSPS) is 13.0. The molecule has 0 aliphatic carbocycles. The standard InChI is InChI=1S/C53H32N4S/c1-3-15-35(16-4-1)51-54-52(36-17-5-2-6-18-36)56-53(55-51)45-32-38(57-46-23-11-9-20-41(46)42-21-10-12-24-47(42)57)31-44-49-40(22-13-25-48(49)58-50(44)45)37-29-28-34-27-26-33-14-7-8-19-39(33)43(34)30-37/h1-32H/i1D,3D,4D,15D,16D. The maximum atomic E-state index is 8.94. The number of fused-ring (bicyclic) bond motifs is 9. The maximum absolute atomic E-state index is 8.94. The molecule has 0 N–H and O–H groups in total. The maximum Gasteiger partial charge on any atom is 0.165 e. The first-order valence-electron chi connectivity index (χ1n) is 21.6. The van der Waals surface area contributed by atoms with E-state index in [1.165, 1.54) is 21.5 Å². The molecule has 0 amide bonds. The van der Waals surface area contributed by atoms with Crippen LogP contribution in [0.25, 0.3) is 115 Å². The van der Waals surface area contributed by atoms with Crippen LogP contribution in [0.1, 0.15) is 6.85 Å². The van der Waals surface area contributed by atoms with Crippen LogP contribution in [-0.2, 0) is 0 Å². The summed E-state index contributed by atoms with van der Waals surface area (Å²) < 4.78 is 47.6. The van der Waals surface area contributed by atoms with Gasteiger partial charge in [-0.3, -0.25) is 0 Å². The quantitative estimate of drug-likeness (QED) is 0.164. The zero-order valence-electron chi connectivity index (χ0n) is 35.8. The summed E-state index contributed by atoms with van der Waals surface area (Å²) in [5, 5.41) is 9.13. The second kappa shape index (κ2) is 13.1. The number of benzene rings is 9. The van der Waals surface area contributed by atoms with E-state index in [-0.39, 0.29) is 23.5 Å². The molecule has 9 aromatic carbocycles. The molecule has 0 radical (unpaired) electrons. The van der Waals surface area contributed by atoms with E-state index in [1.807, 2.05) is 30.3 Å². The summed E-state index contributed by atoms with van der Waals surface area (Å²) in [4.78, 5) is 15.0. The average Bonchev–Trinajstić information content (AvgIpc) is 3.88. The lowest BCUT2D eigenvalue weighted by molar-refractivity contribution is 1.07. The first-order valence-corrected chi connectivity index (χ1v) is 19.9. The van der Waals surface area contributed by atoms with Gasteiger partial charge in [-0.25, -0.2) is 15.0 Å². The van der Waals surface area contributed by atoms with Crippen molar-refractivity contribution in [3.05, 3.63) is 194 Å². The van der Waals surface area contributed by atoms with Gasteiger partial charge in [0.1, 0.15) is 0 Å². The monoisotopic (exact) mass is 761 g/mol. The Labute approximate surface area is 345 Å². The van der Waals surface area contributed by atoms with Gasteiger partial charge in [0.15, 0.2) is 17.5 Å². The lowest BCUT2D eigenvalue weighted by Gasteiger charge is -2.14. The molecule has 0 saturated carbocycles. The highest BCUT2D eigenvalue weighted by Gasteiger charge is 2.22. The molecule has 58 heavy (non-hydrogen) atoms. The fraction of sp³-hybridized carbons (Fsp3) is 0. The second-order valence-electron chi connectivity index (χ2n) is 14.4. The highest BCUT2D eigenvalue weighted by Crippen LogP contribution is 2.46. The summed E-state index contributed by atoms with van der Waals surface area (Å²) in [6.45, 7) is 0. The number of thiophene rings is 1. The van der Waals surface area contributed by atoms with E-state index in [2.05, 4.69) is 138 Å². The van der Waals surface area contributed by atoms with Crippen molar-refractivity contribution >= 4 is 74.9 Å². The first-order chi connectivity index (χ1) is 30.8. The molecule has 0 aliphatic rings. The SMILES string of the molecule is [2H]c1c([2H])c([2H])c(-c2nc(-c3ccccc3)nc(-c3cc(-n4c5ccccc5c5ccccc54)cc4c3sc3cccc(-c5ccc6ccc7ccccc7c6c5)c34)n2)c([2H])c1[2H]. The third-order valence-electron chi connectivity index (χ3n) is 11.1. The minimum Gasteiger partial charge on any atom is -0.309 e. The highest BCUT2D eigenvalue weighted by atomic mass is 32.1. The number of aromatic nitrogens is 4. The summed E-state index contributed by atoms with van der Waals surface area (Å²) in [5.74, 6) is 0.642. The Morgan fingerprint density at radius 1 is 0.431 bits per heavy atom. The van der Waals surface area contributed by atoms with Gasteiger partial charge in [0.25, 0.3) is 0 Å². The van der Waals surface area contributed by atoms with Crippen LogP contribution in [0.15, 0.2) is 194 Å². The molecular weight excluding hydrogens is 725 g/mol. The van der Waals surface area contributed by atoms with Gasteiger partial charge in [0.05, 0.1) is 17.9 Å². The summed E-state index contributed by atoms with van der Waals surface area (Å²) in [6, 6.07) is 54.6. The Morgan fingerprint density at radius 2 is 1.07 bits per heavy atom. The minimum atomic E-state index is -0.479. The van der Waals surface area contributed by atoms with Gasteiger partial charge in [-0.1, -0.05) is 158 Å². The largest absolute Gasteiger partial charge is 0.309 e. The van der Waals surface area contributed by atoms with E-state index in [1.54, 1.807) is 11.3 Å². The zero-order chi connectivity index (χ0) is 42.5. The summed E-state index contributed by atoms with van der Waals surface area (Å²) in [6.07, 6.45) is 0. The second-order valence-corrected chi connectivity index (χ2v) is 15.5. The predicted molar refractivity (Wildman–Crippen MR) is 244 cm³/mol. The van der Waals surface area contributed by atoms with Crippen molar-refractivity contribution in [2.24, 2.45) is 0 Å². The topological polar surface area (TPSA) is 43.6 Å². The number of hydrogen-bond donors (Lipinski definition) is 0. The van der Waals surface area contributed by atoms with Gasteiger partial charge in [-0.15, -0.1) is 11.3 Å². The van der Waals surface area contributed by atoms with Crippen LogP contribution in [0, 0.1) is 0 Å². The molecule has 12 aromatic rings. The van der Waals surface area contributed by atoms with E-state index in [0.717, 1.165) is 64.4 Å². The van der Waals surface area contributed by atoms with Crippen molar-refractivity contribution < 1.29 is 6.85 Å². The van der Waals surface area contributed by atoms with Crippen molar-refractivity contribution in [3.8, 4) is 51.0 Å². The van der Waals surface area contributed by atoms with Gasteiger partial charge in [-0.05, 0) is 69.1 Å². The lowest BCUT2D eigenvalue weighted by Crippen LogP contribution is -2.01. The predicted octanol–water partition coefficient (Wildman–Crippen LogP) is 14.3. The molecule has 4 nitrogen and oxygen atoms in total. The number of para-hydroxylation sites is 2. The molecular formula is C53H32N4S. The molecule has 3 aromatic heterocycles. The molecule has 0 spiro atoms. The van der Waals surface area contributed by atoms with Crippen LogP contribution in [0.5, 0.6) is 0 Å². The fourth-order valence-corrected chi connectivity index (χ4v) is 9.73. The van der Waals surface area contributed by atoms with Crippen molar-refractivity contribution in [3.63, 3.8) is 0 Å². The van der Waals surface area contributed by atoms with Crippen LogP contribution < -0.4 is 0 Å². The Bertz CT molecular complexity index is 3800. The van der Waals surface area contributed by atoms with Crippen LogP contribution in [0.4, 0.5) is 0 Å². The van der Waals surface area contributed by atoms with E-state index in [4.69, 9.17) is 21.8 Å². The number of hydrogen-bond acceptors (Lipinski definition) is 4. The van der Waals surface area contributed by atoms with E-state index in [9.17, 15) is 0 Å². The minimum absolute atomic E-state index is 0.00328. The highest BCUT2D eigenvalue weighted by molar-refractivity contribution is 7.26. The van der Waals surface area contributed by atoms with Crippen LogP contribution >= 0.6 is 11.3 Å². The molecule has 0 fully saturated rings. The van der Waals surface area contributed by atoms with Gasteiger partial charge in [0, 0.05) is 53.3 Å². The van der Waals surface area contributed by atoms with E-state index < -0.39 is 18.1 Å². The van der Waals surface area contributed by atoms with E-state index in [0.29, 0.717) is 17.2 Å². The molecule has 12 rings (SSSR count). The smallest absolute Gasteiger partial charge is 0.165 e. The molecule has 0 aliphatic heterocycles. The van der Waals surface area contributed by atoms with Crippen LogP contribution in [-0.4, -0.2) is 19.5 Å². The van der Waals surface area contributed by atoms with Crippen LogP contribution in [0.3, 0.4) is 0 Å². The Balaban J connectivity index is 1.20. The molecule has 0 atom stereocenters. The number of rotatable bonds is 5. The molecule has 270 valence electrons. The molecule has 0 unspecified atom stereocenters. The molecule has 0 saturated heterocycles. The Kier molecular flexibility index (Phi) is 6.30. The summed E-state index contributed by atoms with van der Waals surface area (Å²) >= 11 is 1.66. The Hall–Kier alpha value is -7.47. The van der Waals surface area contributed by atoms with Gasteiger partial charge >= 0.3 is 0 Å². The van der Waals surface area contributed by atoms with Crippen molar-refractivity contribution in [2.45, 2.75) is 0 Å². The van der Waals surface area contributed by atoms with Crippen molar-refractivity contribution in [1.29, 1.82) is 0 Å². The van der Waals surface area contributed by atoms with Gasteiger partial charge in [-0.2, -0.15) is 0 Å². The third-order valence-corrected chi connectivity index (χ3v) is 12.3. The van der Waals surface area contributed by atoms with Gasteiger partial charge < -0.3 is 4.57 Å². The first kappa shape index (κ1) is 28.0. The lowest BCUT2D eigenvalue weighted by atomic mass is 9.94. The van der Waals surface area contributed by atoms with E-state index >= 15 is 0 Å². The third kappa shape index (κ3) is 5.18. The molecule has 5 heteroatoms. The average molecular weight is 762 g/mol. The van der Waals surface area contributed by atoms with Crippen molar-refractivity contribution in [1.82, 2.24) is 19.5 Å². The zero-order valence-corrected chi connectivity index (χ0v) is 31.6.